The maximum Gasteiger partial charge on any atom is 0.113 e. The molecule has 3 heteroatoms. The van der Waals surface area contributed by atoms with Crippen molar-refractivity contribution in [1.82, 2.24) is 10.3 Å². The average Bonchev–Trinajstić information content (AvgIpc) is 3.27. The van der Waals surface area contributed by atoms with Crippen LogP contribution in [0.25, 0.3) is 0 Å². The number of aromatic nitrogens is 1. The fourth-order valence-electron chi connectivity index (χ4n) is 3.24. The van der Waals surface area contributed by atoms with Gasteiger partial charge in [0, 0.05) is 10.9 Å². The van der Waals surface area contributed by atoms with E-state index in [1.54, 1.807) is 4.88 Å². The molecule has 0 bridgehead atoms. The smallest absolute Gasteiger partial charge is 0.113 e. The molecular weight excluding hydrogens is 240 g/mol. The summed E-state index contributed by atoms with van der Waals surface area (Å²) in [7, 11) is 0. The number of fused-ring (bicyclic) bond motifs is 1. The van der Waals surface area contributed by atoms with Gasteiger partial charge in [-0.15, -0.1) is 11.3 Å². The summed E-state index contributed by atoms with van der Waals surface area (Å²) in [6.07, 6.45) is 10.7. The Morgan fingerprint density at radius 2 is 1.94 bits per heavy atom. The van der Waals surface area contributed by atoms with E-state index in [9.17, 15) is 0 Å². The highest BCUT2D eigenvalue weighted by atomic mass is 32.1. The second-order valence-electron chi connectivity index (χ2n) is 6.49. The SMILES string of the molecule is CC(NC1CC1)(c1nc2c(s1)CCCC2)C1CC1. The fraction of sp³-hybridized carbons (Fsp3) is 0.800. The Balaban J connectivity index is 1.67. The number of thiazole rings is 1. The average molecular weight is 262 g/mol. The van der Waals surface area contributed by atoms with Gasteiger partial charge in [-0.1, -0.05) is 0 Å². The zero-order valence-electron chi connectivity index (χ0n) is 11.2. The molecule has 0 amide bonds. The summed E-state index contributed by atoms with van der Waals surface area (Å²) in [6.45, 7) is 2.41. The highest BCUT2D eigenvalue weighted by molar-refractivity contribution is 7.11. The molecule has 3 aliphatic rings. The summed E-state index contributed by atoms with van der Waals surface area (Å²) in [6, 6.07) is 0.775. The van der Waals surface area contributed by atoms with Crippen molar-refractivity contribution >= 4 is 11.3 Å². The Morgan fingerprint density at radius 1 is 1.17 bits per heavy atom. The highest BCUT2D eigenvalue weighted by Gasteiger charge is 2.47. The number of hydrogen-bond acceptors (Lipinski definition) is 3. The summed E-state index contributed by atoms with van der Waals surface area (Å²) in [5, 5.41) is 5.30. The lowest BCUT2D eigenvalue weighted by Gasteiger charge is -2.29. The van der Waals surface area contributed by atoms with Crippen LogP contribution in [0.2, 0.25) is 0 Å². The van der Waals surface area contributed by atoms with Gasteiger partial charge in [0.2, 0.25) is 0 Å². The number of nitrogens with one attached hydrogen (secondary N) is 1. The monoisotopic (exact) mass is 262 g/mol. The van der Waals surface area contributed by atoms with Gasteiger partial charge in [-0.05, 0) is 64.2 Å². The van der Waals surface area contributed by atoms with E-state index >= 15 is 0 Å². The van der Waals surface area contributed by atoms with Crippen LogP contribution in [-0.4, -0.2) is 11.0 Å². The van der Waals surface area contributed by atoms with Crippen LogP contribution >= 0.6 is 11.3 Å². The van der Waals surface area contributed by atoms with E-state index in [1.807, 2.05) is 11.3 Å². The normalized spacial score (nSPS) is 26.7. The predicted octanol–water partition coefficient (Wildman–Crippen LogP) is 3.40. The number of rotatable bonds is 4. The van der Waals surface area contributed by atoms with E-state index in [1.165, 1.54) is 62.1 Å². The maximum atomic E-state index is 5.02. The van der Waals surface area contributed by atoms with Crippen molar-refractivity contribution in [3.8, 4) is 0 Å². The van der Waals surface area contributed by atoms with E-state index in [-0.39, 0.29) is 5.54 Å². The highest BCUT2D eigenvalue weighted by Crippen LogP contribution is 2.48. The molecule has 18 heavy (non-hydrogen) atoms. The Labute approximate surface area is 113 Å². The zero-order valence-corrected chi connectivity index (χ0v) is 12.0. The van der Waals surface area contributed by atoms with Crippen LogP contribution < -0.4 is 5.32 Å². The maximum absolute atomic E-state index is 5.02. The molecule has 1 heterocycles. The van der Waals surface area contributed by atoms with E-state index in [0.29, 0.717) is 0 Å². The van der Waals surface area contributed by atoms with Crippen LogP contribution in [0.5, 0.6) is 0 Å². The first kappa shape index (κ1) is 11.4. The Morgan fingerprint density at radius 3 is 2.61 bits per heavy atom. The second kappa shape index (κ2) is 4.04. The van der Waals surface area contributed by atoms with Gasteiger partial charge in [0.1, 0.15) is 5.01 Å². The topological polar surface area (TPSA) is 24.9 Å². The largest absolute Gasteiger partial charge is 0.303 e. The van der Waals surface area contributed by atoms with Crippen molar-refractivity contribution in [2.24, 2.45) is 5.92 Å². The molecule has 4 rings (SSSR count). The molecule has 3 aliphatic carbocycles. The second-order valence-corrected chi connectivity index (χ2v) is 7.57. The van der Waals surface area contributed by atoms with Gasteiger partial charge in [0.25, 0.3) is 0 Å². The molecule has 1 aromatic heterocycles. The molecule has 98 valence electrons. The summed E-state index contributed by atoms with van der Waals surface area (Å²) >= 11 is 2.01. The molecule has 0 saturated heterocycles. The molecule has 2 fully saturated rings. The molecule has 2 nitrogen and oxygen atoms in total. The summed E-state index contributed by atoms with van der Waals surface area (Å²) in [5.74, 6) is 0.839. The zero-order chi connectivity index (χ0) is 12.2. The Kier molecular flexibility index (Phi) is 2.56. The minimum atomic E-state index is 0.184. The van der Waals surface area contributed by atoms with Gasteiger partial charge in [0.05, 0.1) is 11.2 Å². The molecule has 0 spiro atoms. The van der Waals surface area contributed by atoms with Crippen LogP contribution in [-0.2, 0) is 18.4 Å². The minimum absolute atomic E-state index is 0.184. The van der Waals surface area contributed by atoms with E-state index in [0.717, 1.165) is 12.0 Å². The first-order chi connectivity index (χ1) is 8.75. The van der Waals surface area contributed by atoms with Crippen LogP contribution in [0.15, 0.2) is 0 Å². The minimum Gasteiger partial charge on any atom is -0.303 e. The fourth-order valence-corrected chi connectivity index (χ4v) is 4.58. The van der Waals surface area contributed by atoms with Gasteiger partial charge in [-0.2, -0.15) is 0 Å². The first-order valence-corrected chi connectivity index (χ1v) is 8.34. The van der Waals surface area contributed by atoms with Gasteiger partial charge < -0.3 is 5.32 Å². The molecular formula is C15H22N2S. The molecule has 1 aromatic rings. The number of aryl methyl sites for hydroxylation is 2. The Bertz CT molecular complexity index is 436. The van der Waals surface area contributed by atoms with Crippen LogP contribution in [0.3, 0.4) is 0 Å². The number of nitrogens with zero attached hydrogens (tertiary/aromatic N) is 1. The van der Waals surface area contributed by atoms with Crippen molar-refractivity contribution in [3.63, 3.8) is 0 Å². The van der Waals surface area contributed by atoms with Gasteiger partial charge in [0.15, 0.2) is 0 Å². The molecule has 1 N–H and O–H groups in total. The van der Waals surface area contributed by atoms with Crippen molar-refractivity contribution < 1.29 is 0 Å². The van der Waals surface area contributed by atoms with E-state index in [4.69, 9.17) is 4.98 Å². The molecule has 2 saturated carbocycles. The van der Waals surface area contributed by atoms with Crippen LogP contribution in [0, 0.1) is 5.92 Å². The molecule has 0 aliphatic heterocycles. The third-order valence-corrected chi connectivity index (χ3v) is 6.16. The molecule has 1 unspecified atom stereocenters. The van der Waals surface area contributed by atoms with Gasteiger partial charge in [-0.3, -0.25) is 0 Å². The molecule has 1 atom stereocenters. The van der Waals surface area contributed by atoms with E-state index in [2.05, 4.69) is 12.2 Å². The van der Waals surface area contributed by atoms with Crippen molar-refractivity contribution in [1.29, 1.82) is 0 Å². The van der Waals surface area contributed by atoms with E-state index < -0.39 is 0 Å². The van der Waals surface area contributed by atoms with Crippen molar-refractivity contribution in [2.75, 3.05) is 0 Å². The standard InChI is InChI=1S/C15H22N2S/c1-15(10-6-7-10,17-11-8-9-11)14-16-12-4-2-3-5-13(12)18-14/h10-11,17H,2-9H2,1H3. The lowest BCUT2D eigenvalue weighted by atomic mass is 9.96. The van der Waals surface area contributed by atoms with Gasteiger partial charge in [-0.25, -0.2) is 4.98 Å². The lowest BCUT2D eigenvalue weighted by molar-refractivity contribution is 0.313. The first-order valence-electron chi connectivity index (χ1n) is 7.52. The van der Waals surface area contributed by atoms with Crippen molar-refractivity contribution in [3.05, 3.63) is 15.6 Å². The summed E-state index contributed by atoms with van der Waals surface area (Å²) in [5.41, 5.74) is 1.61. The predicted molar refractivity (Wildman–Crippen MR) is 75.0 cm³/mol. The third kappa shape index (κ3) is 1.92. The van der Waals surface area contributed by atoms with Crippen LogP contribution in [0.4, 0.5) is 0 Å². The summed E-state index contributed by atoms with van der Waals surface area (Å²) < 4.78 is 0. The molecule has 0 aromatic carbocycles. The molecule has 0 radical (unpaired) electrons. The number of hydrogen-bond donors (Lipinski definition) is 1. The Hall–Kier alpha value is -0.410. The van der Waals surface area contributed by atoms with Crippen molar-refractivity contribution in [2.45, 2.75) is 69.9 Å². The summed E-state index contributed by atoms with van der Waals surface area (Å²) in [4.78, 5) is 6.60. The van der Waals surface area contributed by atoms with Gasteiger partial charge >= 0.3 is 0 Å². The van der Waals surface area contributed by atoms with Crippen LogP contribution in [0.1, 0.15) is 61.0 Å². The third-order valence-electron chi connectivity index (χ3n) is 4.77. The lowest BCUT2D eigenvalue weighted by Crippen LogP contribution is -2.43. The quantitative estimate of drug-likeness (QED) is 0.899.